The fourth-order valence-electron chi connectivity index (χ4n) is 7.67. The molecule has 0 saturated heterocycles. The number of esters is 3. The van der Waals surface area contributed by atoms with Crippen molar-refractivity contribution >= 4 is 17.9 Å². The van der Waals surface area contributed by atoms with Crippen LogP contribution < -0.4 is 0 Å². The van der Waals surface area contributed by atoms with Crippen LogP contribution in [0.2, 0.25) is 0 Å². The summed E-state index contributed by atoms with van der Waals surface area (Å²) < 4.78 is 16.8. The van der Waals surface area contributed by atoms with Crippen molar-refractivity contribution in [3.63, 3.8) is 0 Å². The van der Waals surface area contributed by atoms with Crippen molar-refractivity contribution in [2.75, 3.05) is 13.2 Å². The summed E-state index contributed by atoms with van der Waals surface area (Å²) in [6, 6.07) is 0. The minimum absolute atomic E-state index is 0.135. The van der Waals surface area contributed by atoms with Gasteiger partial charge in [-0.2, -0.15) is 0 Å². The Morgan fingerprint density at radius 2 is 0.469 bits per heavy atom. The zero-order valence-corrected chi connectivity index (χ0v) is 51.2. The molecular weight excluding hydrogens is 997 g/mol. The van der Waals surface area contributed by atoms with Gasteiger partial charge in [0.05, 0.1) is 0 Å². The van der Waals surface area contributed by atoms with Crippen LogP contribution in [-0.2, 0) is 28.6 Å². The second-order valence-electron chi connectivity index (χ2n) is 19.8. The van der Waals surface area contributed by atoms with E-state index in [0.29, 0.717) is 12.8 Å². The van der Waals surface area contributed by atoms with Gasteiger partial charge < -0.3 is 14.2 Å². The predicted molar refractivity (Wildman–Crippen MR) is 352 cm³/mol. The summed E-state index contributed by atoms with van der Waals surface area (Å²) in [5.74, 6) is -1.08. The lowest BCUT2D eigenvalue weighted by Gasteiger charge is -2.18. The Kier molecular flexibility index (Phi) is 61.6. The van der Waals surface area contributed by atoms with E-state index < -0.39 is 6.10 Å². The van der Waals surface area contributed by atoms with Gasteiger partial charge in [-0.25, -0.2) is 0 Å². The molecule has 0 fully saturated rings. The average molecular weight is 1110 g/mol. The van der Waals surface area contributed by atoms with Gasteiger partial charge in [0.1, 0.15) is 13.2 Å². The second kappa shape index (κ2) is 66.5. The van der Waals surface area contributed by atoms with E-state index in [-0.39, 0.29) is 44.0 Å². The van der Waals surface area contributed by atoms with Crippen molar-refractivity contribution in [2.24, 2.45) is 0 Å². The van der Waals surface area contributed by atoms with Crippen molar-refractivity contribution in [2.45, 2.75) is 232 Å². The second-order valence-corrected chi connectivity index (χ2v) is 19.8. The molecule has 0 aliphatic rings. The lowest BCUT2D eigenvalue weighted by Crippen LogP contribution is -2.30. The molecule has 0 aromatic carbocycles. The van der Waals surface area contributed by atoms with E-state index in [9.17, 15) is 14.4 Å². The number of ether oxygens (including phenoxy) is 3. The molecule has 81 heavy (non-hydrogen) atoms. The van der Waals surface area contributed by atoms with Gasteiger partial charge in [-0.15, -0.1) is 0 Å². The first-order chi connectivity index (χ1) is 40.0. The summed E-state index contributed by atoms with van der Waals surface area (Å²) in [6.45, 7) is 6.18. The van der Waals surface area contributed by atoms with Crippen LogP contribution in [0.5, 0.6) is 0 Å². The molecule has 0 aromatic heterocycles. The summed E-state index contributed by atoms with van der Waals surface area (Å²) in [6.07, 6.45) is 103. The molecule has 0 amide bonds. The van der Waals surface area contributed by atoms with Gasteiger partial charge in [-0.3, -0.25) is 14.4 Å². The minimum Gasteiger partial charge on any atom is -0.462 e. The first-order valence-electron chi connectivity index (χ1n) is 31.6. The van der Waals surface area contributed by atoms with Gasteiger partial charge >= 0.3 is 17.9 Å². The van der Waals surface area contributed by atoms with Crippen LogP contribution in [0, 0.1) is 0 Å². The Hall–Kier alpha value is -6.01. The van der Waals surface area contributed by atoms with Crippen molar-refractivity contribution in [1.29, 1.82) is 0 Å². The molecule has 6 heteroatoms. The van der Waals surface area contributed by atoms with Crippen LogP contribution >= 0.6 is 0 Å². The third-order valence-electron chi connectivity index (χ3n) is 12.3. The first kappa shape index (κ1) is 75.0. The molecule has 0 bridgehead atoms. The lowest BCUT2D eigenvalue weighted by molar-refractivity contribution is -0.166. The third kappa shape index (κ3) is 64.7. The summed E-state index contributed by atoms with van der Waals surface area (Å²) in [5, 5.41) is 0. The molecule has 0 heterocycles. The molecule has 448 valence electrons. The van der Waals surface area contributed by atoms with E-state index in [1.165, 1.54) is 0 Å². The highest BCUT2D eigenvalue weighted by Crippen LogP contribution is 2.12. The van der Waals surface area contributed by atoms with Crippen LogP contribution in [0.15, 0.2) is 207 Å². The SMILES string of the molecule is CC/C=C\C/C=C\C/C=C\C/C=C\C/C=C\C/C=C\CCCCCCC(=O)OCC(COC(=O)CC/C=C\C/C=C\C/C=C\C/C=C\C/C=C\C/C=C\CC)OC(=O)CCCCCCC/C=C\C/C=C\C/C=C\C/C=C\C/C=C\CC. The Labute approximate surface area is 496 Å². The molecule has 1 atom stereocenters. The summed E-state index contributed by atoms with van der Waals surface area (Å²) >= 11 is 0. The highest BCUT2D eigenvalue weighted by molar-refractivity contribution is 5.71. The molecule has 0 saturated carbocycles. The Morgan fingerprint density at radius 3 is 0.765 bits per heavy atom. The van der Waals surface area contributed by atoms with Crippen molar-refractivity contribution < 1.29 is 28.6 Å². The molecule has 0 spiro atoms. The van der Waals surface area contributed by atoms with E-state index in [1.807, 2.05) is 12.2 Å². The normalized spacial score (nSPS) is 13.6. The smallest absolute Gasteiger partial charge is 0.306 e. The van der Waals surface area contributed by atoms with E-state index in [4.69, 9.17) is 14.2 Å². The van der Waals surface area contributed by atoms with Gasteiger partial charge in [0.2, 0.25) is 0 Å². The number of carbonyl (C=O) groups excluding carboxylic acids is 3. The van der Waals surface area contributed by atoms with E-state index >= 15 is 0 Å². The van der Waals surface area contributed by atoms with Gasteiger partial charge in [-0.1, -0.05) is 259 Å². The zero-order chi connectivity index (χ0) is 58.5. The topological polar surface area (TPSA) is 78.9 Å². The van der Waals surface area contributed by atoms with E-state index in [0.717, 1.165) is 180 Å². The fraction of sp³-hybridized carbons (Fsp3) is 0.507. The van der Waals surface area contributed by atoms with Crippen LogP contribution in [0.3, 0.4) is 0 Å². The predicted octanol–water partition coefficient (Wildman–Crippen LogP) is 22.0. The van der Waals surface area contributed by atoms with Crippen LogP contribution in [-0.4, -0.2) is 37.2 Å². The van der Waals surface area contributed by atoms with Crippen LogP contribution in [0.1, 0.15) is 226 Å². The number of allylic oxidation sites excluding steroid dienone is 34. The Bertz CT molecular complexity index is 2000. The Morgan fingerprint density at radius 1 is 0.247 bits per heavy atom. The van der Waals surface area contributed by atoms with Crippen molar-refractivity contribution in [3.05, 3.63) is 207 Å². The molecule has 1 unspecified atom stereocenters. The first-order valence-corrected chi connectivity index (χ1v) is 31.6. The number of rotatable bonds is 54. The number of hydrogen-bond acceptors (Lipinski definition) is 6. The number of carbonyl (C=O) groups is 3. The van der Waals surface area contributed by atoms with Gasteiger partial charge in [0.15, 0.2) is 6.10 Å². The van der Waals surface area contributed by atoms with Gasteiger partial charge in [0.25, 0.3) is 0 Å². The van der Waals surface area contributed by atoms with Crippen molar-refractivity contribution in [3.8, 4) is 0 Å². The largest absolute Gasteiger partial charge is 0.462 e. The molecular formula is C75H112O6. The molecule has 0 N–H and O–H groups in total. The third-order valence-corrected chi connectivity index (χ3v) is 12.3. The lowest BCUT2D eigenvalue weighted by atomic mass is 10.1. The summed E-state index contributed by atoms with van der Waals surface area (Å²) in [4.78, 5) is 38.3. The molecule has 0 aliphatic heterocycles. The molecule has 0 rings (SSSR count). The Balaban J connectivity index is 4.64. The maximum atomic E-state index is 12.9. The monoisotopic (exact) mass is 1110 g/mol. The van der Waals surface area contributed by atoms with E-state index in [2.05, 4.69) is 215 Å². The highest BCUT2D eigenvalue weighted by atomic mass is 16.6. The maximum Gasteiger partial charge on any atom is 0.306 e. The van der Waals surface area contributed by atoms with Crippen LogP contribution in [0.25, 0.3) is 0 Å². The zero-order valence-electron chi connectivity index (χ0n) is 51.2. The van der Waals surface area contributed by atoms with Gasteiger partial charge in [0, 0.05) is 19.3 Å². The number of hydrogen-bond donors (Lipinski definition) is 0. The van der Waals surface area contributed by atoms with Crippen LogP contribution in [0.4, 0.5) is 0 Å². The highest BCUT2D eigenvalue weighted by Gasteiger charge is 2.19. The van der Waals surface area contributed by atoms with Gasteiger partial charge in [-0.05, 0) is 154 Å². The quantitative estimate of drug-likeness (QED) is 0.0261. The molecule has 0 radical (unpaired) electrons. The summed E-state index contributed by atoms with van der Waals surface area (Å²) in [5.41, 5.74) is 0. The minimum atomic E-state index is -0.846. The number of unbranched alkanes of at least 4 members (excludes halogenated alkanes) is 9. The molecule has 0 aliphatic carbocycles. The summed E-state index contributed by atoms with van der Waals surface area (Å²) in [7, 11) is 0. The average Bonchev–Trinajstić information content (AvgIpc) is 3.47. The molecule has 6 nitrogen and oxygen atoms in total. The van der Waals surface area contributed by atoms with Crippen molar-refractivity contribution in [1.82, 2.24) is 0 Å². The molecule has 0 aromatic rings. The maximum absolute atomic E-state index is 12.9. The standard InChI is InChI=1S/C75H112O6/c1-4-7-10-13-16-19-22-25-28-31-34-36-37-39-41-44-47-50-53-56-59-62-65-68-74(77)80-71-72(70-79-73(76)67-64-61-58-55-52-49-46-43-40-33-30-27-24-21-18-15-12-9-6-3)81-75(78)69-66-63-60-57-54-51-48-45-42-38-35-32-29-26-23-20-17-14-11-8-5-2/h7-12,16-21,25-30,34-36,38-41,43,45,47-50,52,58,61,72H,4-6,13-15,22-24,31-33,37,42,44,46,51,53-57,59-60,62-71H2,1-3H3/b10-7-,11-8-,12-9-,19-16-,20-17-,21-18-,28-25-,29-26-,30-27-,36-34-,38-35-,41-39-,43-40-,48-45-,50-47-,52-49-,61-58-. The fourth-order valence-corrected chi connectivity index (χ4v) is 7.67. The van der Waals surface area contributed by atoms with E-state index in [1.54, 1.807) is 0 Å².